The Hall–Kier alpha value is -1.77. The molecule has 2 aromatic rings. The van der Waals surface area contributed by atoms with Gasteiger partial charge in [-0.1, -0.05) is 12.8 Å². The molecular formula is C18H24N2O. The zero-order valence-electron chi connectivity index (χ0n) is 13.0. The summed E-state index contributed by atoms with van der Waals surface area (Å²) in [5.41, 5.74) is 3.38. The van der Waals surface area contributed by atoms with E-state index in [0.29, 0.717) is 5.92 Å². The van der Waals surface area contributed by atoms with Gasteiger partial charge in [0.15, 0.2) is 5.43 Å². The van der Waals surface area contributed by atoms with Crippen molar-refractivity contribution < 1.29 is 0 Å². The van der Waals surface area contributed by atoms with Gasteiger partial charge in [0.25, 0.3) is 0 Å². The standard InChI is InChI=1S/C18H24N2O/c1-3-20(4-2)14-9-10-16-15(11-14)18(21)12-17(19-16)13-7-5-6-8-13/h9-13H,3-8H2,1-2H3,(H,19,21). The molecule has 21 heavy (non-hydrogen) atoms. The molecule has 0 aliphatic heterocycles. The van der Waals surface area contributed by atoms with Crippen LogP contribution in [0.25, 0.3) is 10.9 Å². The number of rotatable bonds is 4. The topological polar surface area (TPSA) is 36.1 Å². The van der Waals surface area contributed by atoms with Crippen LogP contribution >= 0.6 is 0 Å². The molecule has 1 N–H and O–H groups in total. The van der Waals surface area contributed by atoms with Gasteiger partial charge in [0.2, 0.25) is 0 Å². The molecule has 1 aliphatic carbocycles. The number of aromatic nitrogens is 1. The Balaban J connectivity index is 2.04. The van der Waals surface area contributed by atoms with E-state index in [-0.39, 0.29) is 5.43 Å². The van der Waals surface area contributed by atoms with Crippen molar-refractivity contribution in [2.45, 2.75) is 45.4 Å². The number of nitrogens with zero attached hydrogens (tertiary/aromatic N) is 1. The highest BCUT2D eigenvalue weighted by atomic mass is 16.1. The highest BCUT2D eigenvalue weighted by Crippen LogP contribution is 2.33. The van der Waals surface area contributed by atoms with Crippen LogP contribution in [0.3, 0.4) is 0 Å². The molecule has 112 valence electrons. The molecule has 1 fully saturated rings. The van der Waals surface area contributed by atoms with Crippen molar-refractivity contribution in [1.29, 1.82) is 0 Å². The summed E-state index contributed by atoms with van der Waals surface area (Å²) in [5.74, 6) is 0.546. The zero-order valence-corrected chi connectivity index (χ0v) is 13.0. The lowest BCUT2D eigenvalue weighted by molar-refractivity contribution is 0.700. The number of fused-ring (bicyclic) bond motifs is 1. The first-order valence-electron chi connectivity index (χ1n) is 8.14. The van der Waals surface area contributed by atoms with Gasteiger partial charge in [-0.05, 0) is 50.8 Å². The van der Waals surface area contributed by atoms with Crippen LogP contribution in [-0.2, 0) is 0 Å². The Kier molecular flexibility index (Phi) is 4.00. The molecule has 0 bridgehead atoms. The molecular weight excluding hydrogens is 260 g/mol. The van der Waals surface area contributed by atoms with Gasteiger partial charge in [-0.3, -0.25) is 4.79 Å². The van der Waals surface area contributed by atoms with Crippen LogP contribution in [0.5, 0.6) is 0 Å². The molecule has 1 aromatic carbocycles. The first-order chi connectivity index (χ1) is 10.2. The predicted molar refractivity (Wildman–Crippen MR) is 89.3 cm³/mol. The molecule has 1 aromatic heterocycles. The fraction of sp³-hybridized carbons (Fsp3) is 0.500. The summed E-state index contributed by atoms with van der Waals surface area (Å²) in [6, 6.07) is 8.02. The lowest BCUT2D eigenvalue weighted by Crippen LogP contribution is -2.22. The Morgan fingerprint density at radius 1 is 1.14 bits per heavy atom. The number of aromatic amines is 1. The molecule has 3 rings (SSSR count). The second-order valence-corrected chi connectivity index (χ2v) is 5.97. The minimum Gasteiger partial charge on any atom is -0.372 e. The molecule has 1 heterocycles. The zero-order chi connectivity index (χ0) is 14.8. The molecule has 0 atom stereocenters. The van der Waals surface area contributed by atoms with E-state index in [2.05, 4.69) is 35.9 Å². The Morgan fingerprint density at radius 3 is 2.52 bits per heavy atom. The van der Waals surface area contributed by atoms with Crippen molar-refractivity contribution >= 4 is 16.6 Å². The summed E-state index contributed by atoms with van der Waals surface area (Å²) in [7, 11) is 0. The molecule has 0 spiro atoms. The van der Waals surface area contributed by atoms with Crippen molar-refractivity contribution in [1.82, 2.24) is 4.98 Å². The van der Waals surface area contributed by atoms with Gasteiger partial charge in [-0.2, -0.15) is 0 Å². The number of anilines is 1. The predicted octanol–water partition coefficient (Wildman–Crippen LogP) is 4.03. The second kappa shape index (κ2) is 5.92. The Bertz CT molecular complexity index is 679. The number of nitrogens with one attached hydrogen (secondary N) is 1. The molecule has 0 unspecified atom stereocenters. The highest BCUT2D eigenvalue weighted by Gasteiger charge is 2.18. The van der Waals surface area contributed by atoms with Gasteiger partial charge in [0.05, 0.1) is 0 Å². The number of H-pyrrole nitrogens is 1. The fourth-order valence-electron chi connectivity index (χ4n) is 3.50. The Morgan fingerprint density at radius 2 is 1.86 bits per heavy atom. The van der Waals surface area contributed by atoms with E-state index in [0.717, 1.165) is 35.4 Å². The van der Waals surface area contributed by atoms with E-state index in [4.69, 9.17) is 0 Å². The maximum atomic E-state index is 12.5. The van der Waals surface area contributed by atoms with E-state index in [1.54, 1.807) is 0 Å². The SMILES string of the molecule is CCN(CC)c1ccc2[nH]c(C3CCCC3)cc(=O)c2c1. The van der Waals surface area contributed by atoms with Gasteiger partial charge in [0.1, 0.15) is 0 Å². The van der Waals surface area contributed by atoms with Gasteiger partial charge in [-0.15, -0.1) is 0 Å². The third-order valence-corrected chi connectivity index (χ3v) is 4.76. The van der Waals surface area contributed by atoms with Crippen LogP contribution in [0.15, 0.2) is 29.1 Å². The van der Waals surface area contributed by atoms with E-state index in [1.807, 2.05) is 12.1 Å². The van der Waals surface area contributed by atoms with Crippen LogP contribution in [-0.4, -0.2) is 18.1 Å². The summed E-state index contributed by atoms with van der Waals surface area (Å²) in [6.07, 6.45) is 4.98. The van der Waals surface area contributed by atoms with Crippen LogP contribution < -0.4 is 10.3 Å². The molecule has 0 amide bonds. The summed E-state index contributed by atoms with van der Waals surface area (Å²) >= 11 is 0. The van der Waals surface area contributed by atoms with Gasteiger partial charge in [-0.25, -0.2) is 0 Å². The lowest BCUT2D eigenvalue weighted by atomic mass is 10.0. The third kappa shape index (κ3) is 2.69. The largest absolute Gasteiger partial charge is 0.372 e. The molecule has 1 saturated carbocycles. The monoisotopic (exact) mass is 284 g/mol. The normalized spacial score (nSPS) is 15.7. The Labute approximate surface area is 126 Å². The summed E-state index contributed by atoms with van der Waals surface area (Å²) in [5, 5.41) is 0.807. The van der Waals surface area contributed by atoms with Gasteiger partial charge >= 0.3 is 0 Å². The van der Waals surface area contributed by atoms with Crippen molar-refractivity contribution in [2.24, 2.45) is 0 Å². The van der Waals surface area contributed by atoms with Gasteiger partial charge < -0.3 is 9.88 Å². The molecule has 1 aliphatic rings. The van der Waals surface area contributed by atoms with Crippen LogP contribution in [0, 0.1) is 0 Å². The van der Waals surface area contributed by atoms with E-state index in [9.17, 15) is 4.79 Å². The average molecular weight is 284 g/mol. The molecule has 3 nitrogen and oxygen atoms in total. The smallest absolute Gasteiger partial charge is 0.189 e. The van der Waals surface area contributed by atoms with E-state index < -0.39 is 0 Å². The third-order valence-electron chi connectivity index (χ3n) is 4.76. The fourth-order valence-corrected chi connectivity index (χ4v) is 3.50. The van der Waals surface area contributed by atoms with Crippen molar-refractivity contribution in [3.05, 3.63) is 40.2 Å². The number of benzene rings is 1. The van der Waals surface area contributed by atoms with Crippen LogP contribution in [0.1, 0.15) is 51.1 Å². The molecule has 0 radical (unpaired) electrons. The van der Waals surface area contributed by atoms with E-state index in [1.165, 1.54) is 25.7 Å². The first-order valence-corrected chi connectivity index (χ1v) is 8.14. The first kappa shape index (κ1) is 14.2. The molecule has 0 saturated heterocycles. The summed E-state index contributed by atoms with van der Waals surface area (Å²) in [6.45, 7) is 6.20. The molecule has 3 heteroatoms. The van der Waals surface area contributed by atoms with Crippen LogP contribution in [0.2, 0.25) is 0 Å². The van der Waals surface area contributed by atoms with Gasteiger partial charge in [0, 0.05) is 41.4 Å². The second-order valence-electron chi connectivity index (χ2n) is 5.97. The van der Waals surface area contributed by atoms with Crippen molar-refractivity contribution in [3.8, 4) is 0 Å². The number of hydrogen-bond acceptors (Lipinski definition) is 2. The highest BCUT2D eigenvalue weighted by molar-refractivity contribution is 5.82. The minimum atomic E-state index is 0.152. The maximum absolute atomic E-state index is 12.5. The maximum Gasteiger partial charge on any atom is 0.189 e. The summed E-state index contributed by atoms with van der Waals surface area (Å²) < 4.78 is 0. The number of hydrogen-bond donors (Lipinski definition) is 1. The van der Waals surface area contributed by atoms with Crippen LogP contribution in [0.4, 0.5) is 5.69 Å². The average Bonchev–Trinajstić information content (AvgIpc) is 3.03. The number of pyridine rings is 1. The summed E-state index contributed by atoms with van der Waals surface area (Å²) in [4.78, 5) is 18.2. The van der Waals surface area contributed by atoms with E-state index >= 15 is 0 Å². The lowest BCUT2D eigenvalue weighted by Gasteiger charge is -2.21. The minimum absolute atomic E-state index is 0.152. The quantitative estimate of drug-likeness (QED) is 0.920. The van der Waals surface area contributed by atoms with Crippen molar-refractivity contribution in [3.63, 3.8) is 0 Å². The van der Waals surface area contributed by atoms with Crippen molar-refractivity contribution in [2.75, 3.05) is 18.0 Å².